The molecule has 2 unspecified atom stereocenters. The van der Waals surface area contributed by atoms with Gasteiger partial charge < -0.3 is 29.9 Å². The molecule has 26 heavy (non-hydrogen) atoms. The van der Waals surface area contributed by atoms with Gasteiger partial charge in [0.05, 0.1) is 18.8 Å². The quantitative estimate of drug-likeness (QED) is 0.356. The Hall–Kier alpha value is -0.810. The number of nitrogens with zero attached hydrogens (tertiary/aromatic N) is 3. The van der Waals surface area contributed by atoms with Gasteiger partial charge >= 0.3 is 6.09 Å². The Kier molecular flexibility index (Phi) is 9.39. The Morgan fingerprint density at radius 3 is 2.65 bits per heavy atom. The zero-order valence-corrected chi connectivity index (χ0v) is 18.9. The van der Waals surface area contributed by atoms with Gasteiger partial charge in [0, 0.05) is 39.8 Å². The second kappa shape index (κ2) is 10.5. The van der Waals surface area contributed by atoms with E-state index in [0.717, 1.165) is 51.7 Å². The van der Waals surface area contributed by atoms with Crippen molar-refractivity contribution in [3.8, 4) is 0 Å². The summed E-state index contributed by atoms with van der Waals surface area (Å²) < 4.78 is 11.1. The molecule has 0 aliphatic carbocycles. The number of halogens is 1. The summed E-state index contributed by atoms with van der Waals surface area (Å²) in [5.41, 5.74) is -0.479. The number of carbonyl (C=O) groups is 1. The highest BCUT2D eigenvalue weighted by molar-refractivity contribution is 14.0. The van der Waals surface area contributed by atoms with Gasteiger partial charge in [-0.05, 0) is 34.2 Å². The van der Waals surface area contributed by atoms with E-state index in [1.165, 1.54) is 0 Å². The largest absolute Gasteiger partial charge is 0.444 e. The minimum Gasteiger partial charge on any atom is -0.444 e. The number of alkyl carbamates (subject to hydrolysis) is 1. The van der Waals surface area contributed by atoms with Crippen molar-refractivity contribution in [1.82, 2.24) is 20.4 Å². The third kappa shape index (κ3) is 7.83. The first-order valence-corrected chi connectivity index (χ1v) is 9.02. The molecule has 2 saturated heterocycles. The van der Waals surface area contributed by atoms with Crippen LogP contribution in [0.4, 0.5) is 4.79 Å². The molecule has 0 saturated carbocycles. The summed E-state index contributed by atoms with van der Waals surface area (Å²) in [5, 5.41) is 6.33. The van der Waals surface area contributed by atoms with E-state index >= 15 is 0 Å². The van der Waals surface area contributed by atoms with Crippen LogP contribution in [0.3, 0.4) is 0 Å². The lowest BCUT2D eigenvalue weighted by atomic mass is 10.2. The molecule has 8 nitrogen and oxygen atoms in total. The lowest BCUT2D eigenvalue weighted by Crippen LogP contribution is -2.49. The first-order valence-electron chi connectivity index (χ1n) is 9.02. The maximum atomic E-state index is 11.9. The molecule has 0 aromatic heterocycles. The topological polar surface area (TPSA) is 78.4 Å². The Morgan fingerprint density at radius 1 is 1.31 bits per heavy atom. The van der Waals surface area contributed by atoms with Gasteiger partial charge in [0.25, 0.3) is 0 Å². The molecule has 2 N–H and O–H groups in total. The van der Waals surface area contributed by atoms with Gasteiger partial charge in [0.1, 0.15) is 5.60 Å². The molecule has 1 amide bonds. The van der Waals surface area contributed by atoms with Gasteiger partial charge in [-0.2, -0.15) is 0 Å². The van der Waals surface area contributed by atoms with Crippen molar-refractivity contribution in [1.29, 1.82) is 0 Å². The van der Waals surface area contributed by atoms with E-state index in [0.29, 0.717) is 0 Å². The first kappa shape index (κ1) is 23.2. The number of hydrogen-bond acceptors (Lipinski definition) is 5. The van der Waals surface area contributed by atoms with Crippen LogP contribution < -0.4 is 10.6 Å². The molecule has 2 rings (SSSR count). The highest BCUT2D eigenvalue weighted by Gasteiger charge is 2.28. The molecular formula is C17H34IN5O3. The highest BCUT2D eigenvalue weighted by Crippen LogP contribution is 2.12. The van der Waals surface area contributed by atoms with Crippen LogP contribution in [0.5, 0.6) is 0 Å². The van der Waals surface area contributed by atoms with Crippen LogP contribution in [0.15, 0.2) is 4.99 Å². The van der Waals surface area contributed by atoms with Gasteiger partial charge in [0.15, 0.2) is 5.96 Å². The first-order chi connectivity index (χ1) is 11.8. The standard InChI is InChI=1S/C17H33N5O3.HI/c1-17(2,3)25-16(23)20-13-6-7-22(11-13)15(18-4)19-10-14-12-21(5)8-9-24-14;/h13-14H,6-12H2,1-5H3,(H,18,19)(H,20,23);1H. The zero-order chi connectivity index (χ0) is 18.4. The minimum atomic E-state index is -0.479. The number of ether oxygens (including phenoxy) is 2. The molecular weight excluding hydrogens is 449 g/mol. The fourth-order valence-corrected chi connectivity index (χ4v) is 3.07. The molecule has 2 fully saturated rings. The molecule has 2 atom stereocenters. The molecule has 2 aliphatic rings. The SMILES string of the molecule is CN=C(NCC1CN(C)CCO1)N1CCC(NC(=O)OC(C)(C)C)C1.I. The molecule has 152 valence electrons. The van der Waals surface area contributed by atoms with Crippen molar-refractivity contribution in [3.63, 3.8) is 0 Å². The molecule has 2 heterocycles. The van der Waals surface area contributed by atoms with Crippen LogP contribution >= 0.6 is 24.0 Å². The van der Waals surface area contributed by atoms with E-state index in [2.05, 4.69) is 32.5 Å². The number of nitrogens with one attached hydrogen (secondary N) is 2. The van der Waals surface area contributed by atoms with Gasteiger partial charge in [0.2, 0.25) is 0 Å². The number of morpholine rings is 1. The summed E-state index contributed by atoms with van der Waals surface area (Å²) in [6, 6.07) is 0.0745. The maximum Gasteiger partial charge on any atom is 0.407 e. The molecule has 0 aromatic carbocycles. The van der Waals surface area contributed by atoms with Crippen LogP contribution in [0.1, 0.15) is 27.2 Å². The van der Waals surface area contributed by atoms with Crippen molar-refractivity contribution in [2.75, 3.05) is 53.4 Å². The maximum absolute atomic E-state index is 11.9. The number of amides is 1. The minimum absolute atomic E-state index is 0. The van der Waals surface area contributed by atoms with E-state index in [4.69, 9.17) is 9.47 Å². The summed E-state index contributed by atoms with van der Waals surface area (Å²) in [4.78, 5) is 20.7. The Balaban J connectivity index is 0.00000338. The van der Waals surface area contributed by atoms with Crippen molar-refractivity contribution in [2.24, 2.45) is 4.99 Å². The summed E-state index contributed by atoms with van der Waals surface area (Å²) >= 11 is 0. The number of guanidine groups is 1. The van der Waals surface area contributed by atoms with E-state index < -0.39 is 5.60 Å². The van der Waals surface area contributed by atoms with Gasteiger partial charge in [-0.15, -0.1) is 24.0 Å². The Morgan fingerprint density at radius 2 is 2.04 bits per heavy atom. The smallest absolute Gasteiger partial charge is 0.407 e. The third-order valence-corrected chi connectivity index (χ3v) is 4.25. The predicted molar refractivity (Wildman–Crippen MR) is 113 cm³/mol. The number of carbonyl (C=O) groups excluding carboxylic acids is 1. The Labute approximate surface area is 174 Å². The summed E-state index contributed by atoms with van der Waals surface area (Å²) in [6.07, 6.45) is 0.692. The van der Waals surface area contributed by atoms with Crippen molar-refractivity contribution in [2.45, 2.75) is 44.9 Å². The average Bonchev–Trinajstić information content (AvgIpc) is 2.94. The number of hydrogen-bond donors (Lipinski definition) is 2. The second-order valence-corrected chi connectivity index (χ2v) is 7.76. The van der Waals surface area contributed by atoms with E-state index in [-0.39, 0.29) is 42.2 Å². The van der Waals surface area contributed by atoms with E-state index in [9.17, 15) is 4.79 Å². The molecule has 0 bridgehead atoms. The molecule has 2 aliphatic heterocycles. The monoisotopic (exact) mass is 483 g/mol. The molecule has 0 spiro atoms. The van der Waals surface area contributed by atoms with Crippen molar-refractivity contribution < 1.29 is 14.3 Å². The predicted octanol–water partition coefficient (Wildman–Crippen LogP) is 1.11. The molecule has 9 heteroatoms. The second-order valence-electron chi connectivity index (χ2n) is 7.76. The van der Waals surface area contributed by atoms with E-state index in [1.807, 2.05) is 20.8 Å². The van der Waals surface area contributed by atoms with Crippen LogP contribution in [0, 0.1) is 0 Å². The van der Waals surface area contributed by atoms with Gasteiger partial charge in [-0.25, -0.2) is 4.79 Å². The lowest BCUT2D eigenvalue weighted by Gasteiger charge is -2.31. The summed E-state index contributed by atoms with van der Waals surface area (Å²) in [5.74, 6) is 0.852. The van der Waals surface area contributed by atoms with Crippen LogP contribution in [0.2, 0.25) is 0 Å². The summed E-state index contributed by atoms with van der Waals surface area (Å²) in [6.45, 7) is 10.6. The van der Waals surface area contributed by atoms with Crippen LogP contribution in [-0.2, 0) is 9.47 Å². The van der Waals surface area contributed by atoms with Gasteiger partial charge in [-0.1, -0.05) is 0 Å². The molecule has 0 radical (unpaired) electrons. The number of likely N-dealkylation sites (tertiary alicyclic amines) is 1. The Bertz CT molecular complexity index is 484. The average molecular weight is 483 g/mol. The van der Waals surface area contributed by atoms with E-state index in [1.54, 1.807) is 7.05 Å². The number of aliphatic imine (C=N–C) groups is 1. The highest BCUT2D eigenvalue weighted by atomic mass is 127. The fraction of sp³-hybridized carbons (Fsp3) is 0.882. The normalized spacial score (nSPS) is 24.8. The van der Waals surface area contributed by atoms with Crippen LogP contribution in [-0.4, -0.2) is 93.0 Å². The summed E-state index contributed by atoms with van der Waals surface area (Å²) in [7, 11) is 3.89. The van der Waals surface area contributed by atoms with Crippen molar-refractivity contribution in [3.05, 3.63) is 0 Å². The van der Waals surface area contributed by atoms with Crippen molar-refractivity contribution >= 4 is 36.0 Å². The number of likely N-dealkylation sites (N-methyl/N-ethyl adjacent to an activating group) is 1. The fourth-order valence-electron chi connectivity index (χ4n) is 3.07. The zero-order valence-electron chi connectivity index (χ0n) is 16.6. The molecule has 0 aromatic rings. The third-order valence-electron chi connectivity index (χ3n) is 4.25. The van der Waals surface area contributed by atoms with Gasteiger partial charge in [-0.3, -0.25) is 4.99 Å². The lowest BCUT2D eigenvalue weighted by molar-refractivity contribution is -0.0163. The number of rotatable bonds is 3. The van der Waals surface area contributed by atoms with Crippen LogP contribution in [0.25, 0.3) is 0 Å².